The van der Waals surface area contributed by atoms with E-state index in [9.17, 15) is 9.90 Å². The molecule has 2 aromatic rings. The average Bonchev–Trinajstić information content (AvgIpc) is 3.32. The minimum absolute atomic E-state index is 0.220. The second-order valence-electron chi connectivity index (χ2n) is 7.85. The van der Waals surface area contributed by atoms with E-state index in [-0.39, 0.29) is 12.3 Å². The summed E-state index contributed by atoms with van der Waals surface area (Å²) in [5, 5.41) is 9.30. The Bertz CT molecular complexity index is 784. The zero-order valence-corrected chi connectivity index (χ0v) is 15.3. The Morgan fingerprint density at radius 3 is 2.92 bits per heavy atom. The molecular formula is C20H27N3O3. The minimum atomic E-state index is -0.693. The highest BCUT2D eigenvalue weighted by atomic mass is 16.5. The van der Waals surface area contributed by atoms with Gasteiger partial charge < -0.3 is 19.7 Å². The number of methoxy groups -OCH3 is 1. The standard InChI is InChI=1S/C20H27N3O3/c1-26-17-4-2-3-16-20(17)22-18(21-16)9-15-12-23(11-13-5-6-13)8-7-14(15)10-19(24)25/h2-4,13-15H,5-12H2,1H3,(H,21,22)(H,24,25)/t14-,15-/m0/s1. The summed E-state index contributed by atoms with van der Waals surface area (Å²) in [6.45, 7) is 3.17. The number of carboxylic acids is 1. The van der Waals surface area contributed by atoms with Gasteiger partial charge >= 0.3 is 5.97 Å². The molecular weight excluding hydrogens is 330 g/mol. The van der Waals surface area contributed by atoms with Gasteiger partial charge in [-0.15, -0.1) is 0 Å². The van der Waals surface area contributed by atoms with Crippen molar-refractivity contribution in [2.45, 2.75) is 32.1 Å². The number of imidazole rings is 1. The molecule has 2 N–H and O–H groups in total. The molecule has 1 saturated carbocycles. The molecule has 6 nitrogen and oxygen atoms in total. The molecule has 0 radical (unpaired) electrons. The van der Waals surface area contributed by atoms with E-state index in [4.69, 9.17) is 9.72 Å². The number of likely N-dealkylation sites (tertiary alicyclic amines) is 1. The van der Waals surface area contributed by atoms with Crippen LogP contribution in [0.25, 0.3) is 11.0 Å². The lowest BCUT2D eigenvalue weighted by Crippen LogP contribution is -2.43. The van der Waals surface area contributed by atoms with E-state index < -0.39 is 5.97 Å². The molecule has 1 aromatic heterocycles. The molecule has 2 heterocycles. The number of aliphatic carboxylic acids is 1. The smallest absolute Gasteiger partial charge is 0.303 e. The summed E-state index contributed by atoms with van der Waals surface area (Å²) < 4.78 is 5.40. The monoisotopic (exact) mass is 357 g/mol. The Balaban J connectivity index is 1.52. The van der Waals surface area contributed by atoms with Crippen molar-refractivity contribution in [1.82, 2.24) is 14.9 Å². The van der Waals surface area contributed by atoms with Crippen molar-refractivity contribution in [3.05, 3.63) is 24.0 Å². The Labute approximate surface area is 153 Å². The molecule has 2 atom stereocenters. The number of nitrogens with zero attached hydrogens (tertiary/aromatic N) is 2. The van der Waals surface area contributed by atoms with Crippen LogP contribution in [0, 0.1) is 17.8 Å². The van der Waals surface area contributed by atoms with Crippen LogP contribution in [0.15, 0.2) is 18.2 Å². The predicted octanol–water partition coefficient (Wildman–Crippen LogP) is 2.94. The van der Waals surface area contributed by atoms with Crippen molar-refractivity contribution in [1.29, 1.82) is 0 Å². The van der Waals surface area contributed by atoms with Crippen LogP contribution in [0.2, 0.25) is 0 Å². The van der Waals surface area contributed by atoms with Gasteiger partial charge in [0.1, 0.15) is 17.1 Å². The van der Waals surface area contributed by atoms with E-state index in [2.05, 4.69) is 9.88 Å². The molecule has 140 valence electrons. The second-order valence-corrected chi connectivity index (χ2v) is 7.85. The lowest BCUT2D eigenvalue weighted by Gasteiger charge is -2.38. The summed E-state index contributed by atoms with van der Waals surface area (Å²) in [5.41, 5.74) is 1.82. The Kier molecular flexibility index (Phi) is 4.85. The molecule has 0 bridgehead atoms. The SMILES string of the molecule is COc1cccc2[nH]c(C[C@H]3CN(CC4CC4)CC[C@H]3CC(=O)O)nc12. The fourth-order valence-corrected chi connectivity index (χ4v) is 4.28. The third-order valence-electron chi connectivity index (χ3n) is 5.83. The molecule has 1 aromatic carbocycles. The number of carboxylic acid groups (broad SMARTS) is 1. The van der Waals surface area contributed by atoms with Crippen LogP contribution in [0.3, 0.4) is 0 Å². The summed E-state index contributed by atoms with van der Waals surface area (Å²) in [7, 11) is 1.66. The number of aromatic nitrogens is 2. The highest BCUT2D eigenvalue weighted by molar-refractivity contribution is 5.81. The van der Waals surface area contributed by atoms with Crippen LogP contribution < -0.4 is 4.74 Å². The number of aromatic amines is 1. The number of rotatable bonds is 7. The van der Waals surface area contributed by atoms with Crippen molar-refractivity contribution >= 4 is 17.0 Å². The highest BCUT2D eigenvalue weighted by Crippen LogP contribution is 2.34. The first-order valence-corrected chi connectivity index (χ1v) is 9.58. The number of nitrogens with one attached hydrogen (secondary N) is 1. The normalized spacial score (nSPS) is 24.0. The fraction of sp³-hybridized carbons (Fsp3) is 0.600. The van der Waals surface area contributed by atoms with Gasteiger partial charge in [0.15, 0.2) is 0 Å². The van der Waals surface area contributed by atoms with Crippen LogP contribution in [-0.4, -0.2) is 52.7 Å². The number of piperidine rings is 1. The Morgan fingerprint density at radius 1 is 1.35 bits per heavy atom. The largest absolute Gasteiger partial charge is 0.494 e. The Hall–Kier alpha value is -2.08. The number of hydrogen-bond acceptors (Lipinski definition) is 4. The molecule has 6 heteroatoms. The van der Waals surface area contributed by atoms with Crippen LogP contribution in [0.1, 0.15) is 31.5 Å². The second kappa shape index (κ2) is 7.27. The van der Waals surface area contributed by atoms with E-state index in [0.29, 0.717) is 5.92 Å². The summed E-state index contributed by atoms with van der Waals surface area (Å²) in [5.74, 6) is 2.41. The molecule has 26 heavy (non-hydrogen) atoms. The van der Waals surface area contributed by atoms with Crippen molar-refractivity contribution in [2.24, 2.45) is 17.8 Å². The zero-order chi connectivity index (χ0) is 18.1. The summed E-state index contributed by atoms with van der Waals surface area (Å²) in [4.78, 5) is 22.0. The molecule has 2 fully saturated rings. The van der Waals surface area contributed by atoms with Crippen LogP contribution in [0.5, 0.6) is 5.75 Å². The van der Waals surface area contributed by atoms with Gasteiger partial charge in [0.2, 0.25) is 0 Å². The Morgan fingerprint density at radius 2 is 2.19 bits per heavy atom. The van der Waals surface area contributed by atoms with E-state index in [1.54, 1.807) is 7.11 Å². The molecule has 2 aliphatic rings. The number of carbonyl (C=O) groups is 1. The van der Waals surface area contributed by atoms with Gasteiger partial charge in [-0.1, -0.05) is 6.07 Å². The number of ether oxygens (including phenoxy) is 1. The number of fused-ring (bicyclic) bond motifs is 1. The number of H-pyrrole nitrogens is 1. The van der Waals surface area contributed by atoms with Crippen molar-refractivity contribution in [3.63, 3.8) is 0 Å². The van der Waals surface area contributed by atoms with Gasteiger partial charge in [-0.3, -0.25) is 4.79 Å². The van der Waals surface area contributed by atoms with Gasteiger partial charge in [-0.2, -0.15) is 0 Å². The molecule has 1 aliphatic carbocycles. The van der Waals surface area contributed by atoms with Crippen LogP contribution in [-0.2, 0) is 11.2 Å². The van der Waals surface area contributed by atoms with E-state index >= 15 is 0 Å². The first kappa shape index (κ1) is 17.3. The molecule has 0 amide bonds. The number of hydrogen-bond donors (Lipinski definition) is 2. The third-order valence-corrected chi connectivity index (χ3v) is 5.83. The van der Waals surface area contributed by atoms with Crippen molar-refractivity contribution in [2.75, 3.05) is 26.7 Å². The van der Waals surface area contributed by atoms with E-state index in [1.165, 1.54) is 19.4 Å². The number of para-hydroxylation sites is 1. The number of benzene rings is 1. The maximum atomic E-state index is 11.3. The van der Waals surface area contributed by atoms with E-state index in [1.807, 2.05) is 18.2 Å². The minimum Gasteiger partial charge on any atom is -0.494 e. The fourth-order valence-electron chi connectivity index (χ4n) is 4.28. The molecule has 1 aliphatic heterocycles. The molecule has 0 spiro atoms. The molecule has 0 unspecified atom stereocenters. The maximum Gasteiger partial charge on any atom is 0.303 e. The summed E-state index contributed by atoms with van der Waals surface area (Å²) in [6, 6.07) is 5.87. The zero-order valence-electron chi connectivity index (χ0n) is 15.3. The van der Waals surface area contributed by atoms with Gasteiger partial charge in [0.25, 0.3) is 0 Å². The lowest BCUT2D eigenvalue weighted by molar-refractivity contribution is -0.139. The topological polar surface area (TPSA) is 78.5 Å². The maximum absolute atomic E-state index is 11.3. The van der Waals surface area contributed by atoms with Crippen molar-refractivity contribution < 1.29 is 14.6 Å². The van der Waals surface area contributed by atoms with Crippen molar-refractivity contribution in [3.8, 4) is 5.75 Å². The van der Waals surface area contributed by atoms with Gasteiger partial charge in [0, 0.05) is 25.9 Å². The quantitative estimate of drug-likeness (QED) is 0.796. The van der Waals surface area contributed by atoms with Gasteiger partial charge in [0.05, 0.1) is 12.6 Å². The highest BCUT2D eigenvalue weighted by Gasteiger charge is 2.34. The van der Waals surface area contributed by atoms with Gasteiger partial charge in [-0.25, -0.2) is 4.98 Å². The van der Waals surface area contributed by atoms with Crippen LogP contribution in [0.4, 0.5) is 0 Å². The van der Waals surface area contributed by atoms with E-state index in [0.717, 1.165) is 54.5 Å². The summed E-state index contributed by atoms with van der Waals surface area (Å²) >= 11 is 0. The first-order chi connectivity index (χ1) is 12.6. The predicted molar refractivity (Wildman–Crippen MR) is 99.4 cm³/mol. The molecule has 1 saturated heterocycles. The summed E-state index contributed by atoms with van der Waals surface area (Å²) in [6.07, 6.45) is 4.71. The average molecular weight is 357 g/mol. The lowest BCUT2D eigenvalue weighted by atomic mass is 9.81. The van der Waals surface area contributed by atoms with Gasteiger partial charge in [-0.05, 0) is 55.7 Å². The van der Waals surface area contributed by atoms with Crippen LogP contribution >= 0.6 is 0 Å². The first-order valence-electron chi connectivity index (χ1n) is 9.58. The molecule has 4 rings (SSSR count). The third kappa shape index (κ3) is 3.85.